The lowest BCUT2D eigenvalue weighted by molar-refractivity contribution is 0.152. The maximum Gasteiger partial charge on any atom is 0.241 e. The molecule has 1 aliphatic rings. The van der Waals surface area contributed by atoms with Crippen LogP contribution in [0.1, 0.15) is 16.5 Å². The number of benzene rings is 1. The lowest BCUT2D eigenvalue weighted by Crippen LogP contribution is -2.20. The zero-order valence-electron chi connectivity index (χ0n) is 10.8. The van der Waals surface area contributed by atoms with Gasteiger partial charge in [0, 0.05) is 13.6 Å². The molecule has 18 heavy (non-hydrogen) atoms. The molecule has 0 radical (unpaired) electrons. The van der Waals surface area contributed by atoms with Crippen molar-refractivity contribution >= 4 is 11.8 Å². The Morgan fingerprint density at radius 2 is 2.00 bits per heavy atom. The number of hydrogen-bond acceptors (Lipinski definition) is 5. The lowest BCUT2D eigenvalue weighted by atomic mass is 10.1. The van der Waals surface area contributed by atoms with E-state index in [9.17, 15) is 0 Å². The summed E-state index contributed by atoms with van der Waals surface area (Å²) in [7, 11) is 5.31. The van der Waals surface area contributed by atoms with E-state index in [0.717, 1.165) is 16.5 Å². The molecule has 0 saturated carbocycles. The van der Waals surface area contributed by atoms with Crippen LogP contribution in [0, 0.1) is 0 Å². The quantitative estimate of drug-likeness (QED) is 0.905. The smallest absolute Gasteiger partial charge is 0.241 e. The molecule has 2 N–H and O–H groups in total. The number of hydrogen-bond donors (Lipinski definition) is 1. The molecule has 5 heteroatoms. The van der Waals surface area contributed by atoms with E-state index in [1.807, 2.05) is 19.2 Å². The standard InChI is InChI=1S/C13H18N2O2S/c1-15-11(16-2)13(17-3)18-12(15)10-7-5-4-6-9(10)8-14/h4-7,12H,8,14H2,1-3H3. The summed E-state index contributed by atoms with van der Waals surface area (Å²) in [5.74, 6) is 0.763. The van der Waals surface area contributed by atoms with Gasteiger partial charge in [0.25, 0.3) is 0 Å². The van der Waals surface area contributed by atoms with Gasteiger partial charge in [0.15, 0.2) is 0 Å². The fourth-order valence-corrected chi connectivity index (χ4v) is 3.32. The predicted molar refractivity (Wildman–Crippen MR) is 73.5 cm³/mol. The molecule has 0 spiro atoms. The Morgan fingerprint density at radius 3 is 2.56 bits per heavy atom. The van der Waals surface area contributed by atoms with Crippen LogP contribution in [0.3, 0.4) is 0 Å². The Morgan fingerprint density at radius 1 is 1.28 bits per heavy atom. The van der Waals surface area contributed by atoms with Crippen molar-refractivity contribution < 1.29 is 9.47 Å². The second-order valence-corrected chi connectivity index (χ2v) is 5.04. The minimum absolute atomic E-state index is 0.148. The van der Waals surface area contributed by atoms with Crippen LogP contribution in [-0.2, 0) is 16.0 Å². The minimum atomic E-state index is 0.148. The molecular formula is C13H18N2O2S. The van der Waals surface area contributed by atoms with Crippen LogP contribution in [0.4, 0.5) is 0 Å². The first-order valence-electron chi connectivity index (χ1n) is 5.72. The van der Waals surface area contributed by atoms with Crippen LogP contribution in [0.25, 0.3) is 0 Å². The fourth-order valence-electron chi connectivity index (χ4n) is 2.08. The van der Waals surface area contributed by atoms with Crippen LogP contribution in [-0.4, -0.2) is 26.2 Å². The molecule has 1 atom stereocenters. The minimum Gasteiger partial charge on any atom is -0.486 e. The van der Waals surface area contributed by atoms with Gasteiger partial charge in [-0.25, -0.2) is 0 Å². The molecule has 1 aromatic carbocycles. The monoisotopic (exact) mass is 266 g/mol. The zero-order valence-corrected chi connectivity index (χ0v) is 11.7. The van der Waals surface area contributed by atoms with Gasteiger partial charge in [0.2, 0.25) is 11.0 Å². The van der Waals surface area contributed by atoms with Crippen molar-refractivity contribution in [1.82, 2.24) is 4.90 Å². The van der Waals surface area contributed by atoms with Crippen LogP contribution in [0.2, 0.25) is 0 Å². The number of nitrogens with two attached hydrogens (primary N) is 1. The third-order valence-corrected chi connectivity index (χ3v) is 4.33. The topological polar surface area (TPSA) is 47.7 Å². The first kappa shape index (κ1) is 13.1. The van der Waals surface area contributed by atoms with E-state index in [0.29, 0.717) is 6.54 Å². The van der Waals surface area contributed by atoms with Gasteiger partial charge in [-0.05, 0) is 11.1 Å². The zero-order chi connectivity index (χ0) is 13.1. The van der Waals surface area contributed by atoms with E-state index >= 15 is 0 Å². The van der Waals surface area contributed by atoms with Gasteiger partial charge >= 0.3 is 0 Å². The van der Waals surface area contributed by atoms with E-state index < -0.39 is 0 Å². The Hall–Kier alpha value is -1.33. The van der Waals surface area contributed by atoms with Crippen molar-refractivity contribution in [2.24, 2.45) is 5.73 Å². The predicted octanol–water partition coefficient (Wildman–Crippen LogP) is 2.24. The van der Waals surface area contributed by atoms with Crippen molar-refractivity contribution in [2.45, 2.75) is 11.9 Å². The molecule has 0 fully saturated rings. The lowest BCUT2D eigenvalue weighted by Gasteiger charge is -2.24. The number of methoxy groups -OCH3 is 2. The summed E-state index contributed by atoms with van der Waals surface area (Å²) >= 11 is 1.64. The third kappa shape index (κ3) is 2.15. The Bertz CT molecular complexity index is 462. The van der Waals surface area contributed by atoms with Crippen LogP contribution >= 0.6 is 11.8 Å². The number of ether oxygens (including phenoxy) is 2. The molecule has 98 valence electrons. The number of thioether (sulfide) groups is 1. The van der Waals surface area contributed by atoms with Crippen LogP contribution in [0.5, 0.6) is 0 Å². The van der Waals surface area contributed by atoms with Gasteiger partial charge < -0.3 is 20.1 Å². The number of rotatable bonds is 4. The van der Waals surface area contributed by atoms with Gasteiger partial charge in [-0.2, -0.15) is 0 Å². The Labute approximate surface area is 112 Å². The summed E-state index contributed by atoms with van der Waals surface area (Å²) in [6, 6.07) is 8.19. The number of nitrogens with zero attached hydrogens (tertiary/aromatic N) is 1. The molecule has 1 heterocycles. The summed E-state index contributed by atoms with van der Waals surface area (Å²) in [5, 5.41) is 0.950. The van der Waals surface area contributed by atoms with E-state index in [-0.39, 0.29) is 5.37 Å². The molecule has 2 rings (SSSR count). The first-order valence-corrected chi connectivity index (χ1v) is 6.60. The second kappa shape index (κ2) is 5.54. The highest BCUT2D eigenvalue weighted by Gasteiger charge is 2.34. The van der Waals surface area contributed by atoms with E-state index in [2.05, 4.69) is 17.0 Å². The van der Waals surface area contributed by atoms with E-state index in [1.165, 1.54) is 5.56 Å². The van der Waals surface area contributed by atoms with Crippen molar-refractivity contribution in [1.29, 1.82) is 0 Å². The second-order valence-electron chi connectivity index (χ2n) is 3.98. The molecule has 4 nitrogen and oxygen atoms in total. The van der Waals surface area contributed by atoms with Gasteiger partial charge in [0.05, 0.1) is 14.2 Å². The summed E-state index contributed by atoms with van der Waals surface area (Å²) in [6.07, 6.45) is 0. The highest BCUT2D eigenvalue weighted by Crippen LogP contribution is 2.47. The molecule has 0 aromatic heterocycles. The average molecular weight is 266 g/mol. The average Bonchev–Trinajstić information content (AvgIpc) is 2.74. The summed E-state index contributed by atoms with van der Waals surface area (Å²) in [6.45, 7) is 0.533. The Kier molecular flexibility index (Phi) is 4.04. The normalized spacial score (nSPS) is 19.3. The van der Waals surface area contributed by atoms with E-state index in [4.69, 9.17) is 15.2 Å². The largest absolute Gasteiger partial charge is 0.486 e. The van der Waals surface area contributed by atoms with Crippen LogP contribution in [0.15, 0.2) is 35.2 Å². The molecule has 1 aliphatic heterocycles. The molecule has 1 unspecified atom stereocenters. The summed E-state index contributed by atoms with van der Waals surface area (Å²) in [5.41, 5.74) is 8.14. The Balaban J connectivity index is 2.32. The summed E-state index contributed by atoms with van der Waals surface area (Å²) in [4.78, 5) is 2.07. The first-order chi connectivity index (χ1) is 8.72. The molecule has 0 aliphatic carbocycles. The summed E-state index contributed by atoms with van der Waals surface area (Å²) < 4.78 is 10.7. The maximum absolute atomic E-state index is 5.79. The van der Waals surface area contributed by atoms with E-state index in [1.54, 1.807) is 26.0 Å². The molecule has 0 amide bonds. The third-order valence-electron chi connectivity index (χ3n) is 2.99. The van der Waals surface area contributed by atoms with Crippen molar-refractivity contribution in [2.75, 3.05) is 21.3 Å². The highest BCUT2D eigenvalue weighted by atomic mass is 32.2. The molecular weight excluding hydrogens is 248 g/mol. The highest BCUT2D eigenvalue weighted by molar-refractivity contribution is 8.03. The fraction of sp³-hybridized carbons (Fsp3) is 0.385. The van der Waals surface area contributed by atoms with Crippen LogP contribution < -0.4 is 5.73 Å². The molecule has 0 saturated heterocycles. The molecule has 0 bridgehead atoms. The van der Waals surface area contributed by atoms with Gasteiger partial charge in [-0.15, -0.1) is 0 Å². The molecule has 1 aromatic rings. The van der Waals surface area contributed by atoms with Crippen molar-refractivity contribution in [3.63, 3.8) is 0 Å². The van der Waals surface area contributed by atoms with Gasteiger partial charge in [-0.3, -0.25) is 0 Å². The van der Waals surface area contributed by atoms with Crippen molar-refractivity contribution in [3.05, 3.63) is 46.4 Å². The van der Waals surface area contributed by atoms with Gasteiger partial charge in [0.1, 0.15) is 5.37 Å². The van der Waals surface area contributed by atoms with Crippen molar-refractivity contribution in [3.8, 4) is 0 Å². The van der Waals surface area contributed by atoms with Gasteiger partial charge in [-0.1, -0.05) is 36.0 Å². The maximum atomic E-state index is 5.79. The SMILES string of the molecule is COC1=C(OC)N(C)C(c2ccccc2CN)S1.